The number of carboxylic acids is 1. The van der Waals surface area contributed by atoms with E-state index in [-0.39, 0.29) is 5.92 Å². The lowest BCUT2D eigenvalue weighted by Gasteiger charge is -2.25. The van der Waals surface area contributed by atoms with Gasteiger partial charge in [-0.2, -0.15) is 0 Å². The number of hydrogen-bond acceptors (Lipinski definition) is 2. The van der Waals surface area contributed by atoms with Crippen molar-refractivity contribution >= 4 is 12.4 Å². The number of rotatable bonds is 5. The van der Waals surface area contributed by atoms with E-state index in [1.54, 1.807) is 0 Å². The second-order valence-corrected chi connectivity index (χ2v) is 3.50. The van der Waals surface area contributed by atoms with Crippen LogP contribution in [0.1, 0.15) is 27.2 Å². The minimum absolute atomic E-state index is 0.235. The molecule has 4 nitrogen and oxygen atoms in total. The van der Waals surface area contributed by atoms with Crippen molar-refractivity contribution in [1.82, 2.24) is 5.32 Å². The molecular weight excluding hydrogens is 158 g/mol. The van der Waals surface area contributed by atoms with Gasteiger partial charge in [0.05, 0.1) is 0 Å². The first-order valence-electron chi connectivity index (χ1n) is 3.87. The van der Waals surface area contributed by atoms with E-state index in [1.807, 2.05) is 13.8 Å². The number of aliphatic carboxylic acids is 1. The fourth-order valence-corrected chi connectivity index (χ4v) is 1.15. The van der Waals surface area contributed by atoms with Crippen LogP contribution in [0.2, 0.25) is 0 Å². The third-order valence-electron chi connectivity index (χ3n) is 1.67. The summed E-state index contributed by atoms with van der Waals surface area (Å²) < 4.78 is 0. The molecule has 0 aliphatic rings. The molecule has 1 unspecified atom stereocenters. The van der Waals surface area contributed by atoms with Gasteiger partial charge in [0.25, 0.3) is 0 Å². The van der Waals surface area contributed by atoms with Crippen molar-refractivity contribution in [2.24, 2.45) is 5.92 Å². The normalized spacial score (nSPS) is 15.3. The molecule has 0 aromatic carbocycles. The largest absolute Gasteiger partial charge is 0.480 e. The molecule has 0 rings (SSSR count). The van der Waals surface area contributed by atoms with Crippen molar-refractivity contribution in [3.8, 4) is 0 Å². The van der Waals surface area contributed by atoms with Crippen LogP contribution in [-0.4, -0.2) is 23.0 Å². The molecule has 0 saturated carbocycles. The van der Waals surface area contributed by atoms with Crippen LogP contribution >= 0.6 is 0 Å². The zero-order valence-corrected chi connectivity index (χ0v) is 7.63. The predicted octanol–water partition coefficient (Wildman–Crippen LogP) is 0.622. The Morgan fingerprint density at radius 3 is 2.42 bits per heavy atom. The van der Waals surface area contributed by atoms with Crippen molar-refractivity contribution in [3.63, 3.8) is 0 Å². The Morgan fingerprint density at radius 1 is 1.67 bits per heavy atom. The van der Waals surface area contributed by atoms with Crippen molar-refractivity contribution in [1.29, 1.82) is 0 Å². The first kappa shape index (κ1) is 10.9. The van der Waals surface area contributed by atoms with Crippen molar-refractivity contribution in [3.05, 3.63) is 0 Å². The van der Waals surface area contributed by atoms with E-state index in [0.717, 1.165) is 0 Å². The zero-order valence-electron chi connectivity index (χ0n) is 7.63. The van der Waals surface area contributed by atoms with Crippen LogP contribution in [0, 0.1) is 5.92 Å². The van der Waals surface area contributed by atoms with Gasteiger partial charge in [0.15, 0.2) is 0 Å². The molecule has 0 spiro atoms. The van der Waals surface area contributed by atoms with Gasteiger partial charge in [0, 0.05) is 0 Å². The number of amides is 1. The third kappa shape index (κ3) is 2.90. The first-order valence-corrected chi connectivity index (χ1v) is 3.87. The maximum atomic E-state index is 10.7. The van der Waals surface area contributed by atoms with E-state index < -0.39 is 11.5 Å². The maximum absolute atomic E-state index is 10.7. The van der Waals surface area contributed by atoms with Crippen LogP contribution in [-0.2, 0) is 9.59 Å². The molecule has 0 aromatic heterocycles. The van der Waals surface area contributed by atoms with Gasteiger partial charge in [-0.1, -0.05) is 13.8 Å². The molecule has 0 fully saturated rings. The van der Waals surface area contributed by atoms with E-state index in [0.29, 0.717) is 12.8 Å². The Hall–Kier alpha value is -1.06. The summed E-state index contributed by atoms with van der Waals surface area (Å²) in [6.07, 6.45) is 0.859. The van der Waals surface area contributed by atoms with Crippen LogP contribution in [0.25, 0.3) is 0 Å². The lowest BCUT2D eigenvalue weighted by molar-refractivity contribution is -0.146. The minimum atomic E-state index is -1.13. The van der Waals surface area contributed by atoms with Crippen LogP contribution in [0.15, 0.2) is 0 Å². The van der Waals surface area contributed by atoms with Gasteiger partial charge in [-0.05, 0) is 19.3 Å². The van der Waals surface area contributed by atoms with Gasteiger partial charge in [0.1, 0.15) is 5.54 Å². The molecule has 0 bridgehead atoms. The topological polar surface area (TPSA) is 66.4 Å². The molecule has 4 heteroatoms. The second-order valence-electron chi connectivity index (χ2n) is 3.50. The summed E-state index contributed by atoms with van der Waals surface area (Å²) in [6, 6.07) is 0. The van der Waals surface area contributed by atoms with Crippen molar-refractivity contribution in [2.75, 3.05) is 0 Å². The van der Waals surface area contributed by atoms with Crippen molar-refractivity contribution in [2.45, 2.75) is 32.7 Å². The molecule has 0 aliphatic heterocycles. The number of nitrogens with one attached hydrogen (secondary N) is 1. The summed E-state index contributed by atoms with van der Waals surface area (Å²) in [6.45, 7) is 5.32. The Bertz CT molecular complexity index is 179. The molecular formula is C8H15NO3. The molecule has 0 aromatic rings. The van der Waals surface area contributed by atoms with Gasteiger partial charge in [-0.15, -0.1) is 0 Å². The summed E-state index contributed by atoms with van der Waals surface area (Å²) >= 11 is 0. The summed E-state index contributed by atoms with van der Waals surface area (Å²) in [5.41, 5.74) is -1.13. The maximum Gasteiger partial charge on any atom is 0.329 e. The Labute approximate surface area is 72.0 Å². The van der Waals surface area contributed by atoms with Crippen LogP contribution < -0.4 is 5.32 Å². The molecule has 70 valence electrons. The van der Waals surface area contributed by atoms with E-state index in [4.69, 9.17) is 5.11 Å². The molecule has 2 N–H and O–H groups in total. The first-order chi connectivity index (χ1) is 5.42. The highest BCUT2D eigenvalue weighted by Gasteiger charge is 2.32. The fraction of sp³-hybridized carbons (Fsp3) is 0.750. The molecule has 0 radical (unpaired) electrons. The SMILES string of the molecule is CC(C)CC(C)(NC=O)C(=O)O. The monoisotopic (exact) mass is 173 g/mol. The fourth-order valence-electron chi connectivity index (χ4n) is 1.15. The third-order valence-corrected chi connectivity index (χ3v) is 1.67. The molecule has 12 heavy (non-hydrogen) atoms. The predicted molar refractivity (Wildman–Crippen MR) is 44.7 cm³/mol. The Kier molecular flexibility index (Phi) is 3.73. The quantitative estimate of drug-likeness (QED) is 0.599. The minimum Gasteiger partial charge on any atom is -0.480 e. The summed E-state index contributed by atoms with van der Waals surface area (Å²) in [4.78, 5) is 20.9. The second kappa shape index (κ2) is 4.09. The average molecular weight is 173 g/mol. The Balaban J connectivity index is 4.38. The van der Waals surface area contributed by atoms with E-state index >= 15 is 0 Å². The number of carbonyl (C=O) groups is 2. The van der Waals surface area contributed by atoms with Gasteiger partial charge in [-0.3, -0.25) is 4.79 Å². The Morgan fingerprint density at radius 2 is 2.17 bits per heavy atom. The van der Waals surface area contributed by atoms with Crippen LogP contribution in [0.5, 0.6) is 0 Å². The van der Waals surface area contributed by atoms with Crippen LogP contribution in [0.4, 0.5) is 0 Å². The van der Waals surface area contributed by atoms with Gasteiger partial charge in [0.2, 0.25) is 6.41 Å². The van der Waals surface area contributed by atoms with Gasteiger partial charge < -0.3 is 10.4 Å². The van der Waals surface area contributed by atoms with E-state index in [1.165, 1.54) is 6.92 Å². The summed E-state index contributed by atoms with van der Waals surface area (Å²) in [5, 5.41) is 11.1. The molecule has 1 amide bonds. The van der Waals surface area contributed by atoms with E-state index in [9.17, 15) is 9.59 Å². The van der Waals surface area contributed by atoms with Gasteiger partial charge in [-0.25, -0.2) is 4.79 Å². The zero-order chi connectivity index (χ0) is 9.78. The highest BCUT2D eigenvalue weighted by atomic mass is 16.4. The van der Waals surface area contributed by atoms with Crippen molar-refractivity contribution < 1.29 is 14.7 Å². The highest BCUT2D eigenvalue weighted by Crippen LogP contribution is 2.15. The smallest absolute Gasteiger partial charge is 0.329 e. The lowest BCUT2D eigenvalue weighted by atomic mass is 9.91. The summed E-state index contributed by atoms with van der Waals surface area (Å²) in [5.74, 6) is -0.762. The lowest BCUT2D eigenvalue weighted by Crippen LogP contribution is -2.49. The van der Waals surface area contributed by atoms with Gasteiger partial charge >= 0.3 is 5.97 Å². The molecule has 0 saturated heterocycles. The number of carboxylic acid groups (broad SMARTS) is 1. The highest BCUT2D eigenvalue weighted by molar-refractivity contribution is 5.80. The summed E-state index contributed by atoms with van der Waals surface area (Å²) in [7, 11) is 0. The standard InChI is InChI=1S/C8H15NO3/c1-6(2)4-8(3,7(11)12)9-5-10/h5-6H,4H2,1-3H3,(H,9,10)(H,11,12). The number of carbonyl (C=O) groups excluding carboxylic acids is 1. The van der Waals surface area contributed by atoms with E-state index in [2.05, 4.69) is 5.32 Å². The molecule has 1 atom stereocenters. The molecule has 0 heterocycles. The molecule has 0 aliphatic carbocycles. The average Bonchev–Trinajstić information content (AvgIpc) is 1.85. The number of hydrogen-bond donors (Lipinski definition) is 2. The van der Waals surface area contributed by atoms with Crippen LogP contribution in [0.3, 0.4) is 0 Å².